The molecular weight excluding hydrogens is 967 g/mol. The van der Waals surface area contributed by atoms with Gasteiger partial charge in [-0.2, -0.15) is 0 Å². The minimum absolute atomic E-state index is 0.364. The Morgan fingerprint density at radius 2 is 0.925 bits per heavy atom. The number of anilines is 3. The summed E-state index contributed by atoms with van der Waals surface area (Å²) in [4.78, 5) is 2.51. The van der Waals surface area contributed by atoms with Gasteiger partial charge in [-0.05, 0) is 141 Å². The normalized spacial score (nSPS) is 14.2. The van der Waals surface area contributed by atoms with Crippen molar-refractivity contribution in [3.8, 4) is 27.9 Å². The molecule has 80 heavy (non-hydrogen) atoms. The molecule has 3 heteroatoms. The number of allylic oxidation sites excluding steroid dienone is 5. The van der Waals surface area contributed by atoms with Crippen molar-refractivity contribution in [1.29, 1.82) is 0 Å². The number of rotatable bonds is 10. The Bertz CT molecular complexity index is 4530. The van der Waals surface area contributed by atoms with Crippen LogP contribution in [0.5, 0.6) is 0 Å². The fraction of sp³-hybridized carbons (Fsp3) is 0.0649. The van der Waals surface area contributed by atoms with Crippen molar-refractivity contribution in [3.05, 3.63) is 325 Å². The summed E-state index contributed by atoms with van der Waals surface area (Å²) < 4.78 is 4.81. The van der Waals surface area contributed by atoms with Crippen molar-refractivity contribution in [2.75, 3.05) is 4.90 Å². The predicted molar refractivity (Wildman–Crippen MR) is 338 cm³/mol. The van der Waals surface area contributed by atoms with Gasteiger partial charge in [0.2, 0.25) is 0 Å². The van der Waals surface area contributed by atoms with Crippen LogP contribution in [0.4, 0.5) is 17.1 Å². The molecule has 2 heterocycles. The largest absolute Gasteiger partial charge is 0.313 e. The van der Waals surface area contributed by atoms with E-state index in [2.05, 4.69) is 320 Å². The minimum atomic E-state index is -0.552. The molecular formula is C77H57N3. The zero-order valence-electron chi connectivity index (χ0n) is 45.1. The lowest BCUT2D eigenvalue weighted by Gasteiger charge is -2.34. The summed E-state index contributed by atoms with van der Waals surface area (Å²) in [5.74, 6) is 0. The first kappa shape index (κ1) is 47.3. The van der Waals surface area contributed by atoms with Crippen molar-refractivity contribution in [2.45, 2.75) is 31.6 Å². The zero-order chi connectivity index (χ0) is 53.7. The maximum Gasteiger partial charge on any atom is 0.0714 e. The fourth-order valence-electron chi connectivity index (χ4n) is 14.0. The number of nitrogens with zero attached hydrogens (tertiary/aromatic N) is 3. The van der Waals surface area contributed by atoms with Crippen molar-refractivity contribution in [1.82, 2.24) is 9.13 Å². The van der Waals surface area contributed by atoms with E-state index in [4.69, 9.17) is 0 Å². The second-order valence-electron chi connectivity index (χ2n) is 22.1. The first-order valence-electron chi connectivity index (χ1n) is 27.9. The Balaban J connectivity index is 0.890. The molecule has 0 saturated heterocycles. The Kier molecular flexibility index (Phi) is 10.8. The Labute approximate surface area is 467 Å². The summed E-state index contributed by atoms with van der Waals surface area (Å²) in [6.45, 7) is 11.5. The third kappa shape index (κ3) is 6.93. The van der Waals surface area contributed by atoms with Crippen LogP contribution in [0.1, 0.15) is 54.2 Å². The highest BCUT2D eigenvalue weighted by Gasteiger charge is 2.47. The average Bonchev–Trinajstić information content (AvgIpc) is 4.27. The van der Waals surface area contributed by atoms with Crippen LogP contribution in [-0.4, -0.2) is 9.13 Å². The number of benzene rings is 11. The van der Waals surface area contributed by atoms with Crippen LogP contribution in [-0.2, 0) is 10.8 Å². The second-order valence-corrected chi connectivity index (χ2v) is 22.1. The fourth-order valence-corrected chi connectivity index (χ4v) is 14.0. The van der Waals surface area contributed by atoms with Crippen LogP contribution in [0, 0.1) is 0 Å². The summed E-state index contributed by atoms with van der Waals surface area (Å²) >= 11 is 0. The molecule has 0 amide bonds. The molecule has 0 radical (unpaired) electrons. The molecule has 0 aliphatic heterocycles. The molecule has 3 nitrogen and oxygen atoms in total. The van der Waals surface area contributed by atoms with Gasteiger partial charge in [0.1, 0.15) is 0 Å². The first-order valence-corrected chi connectivity index (χ1v) is 27.9. The van der Waals surface area contributed by atoms with Gasteiger partial charge >= 0.3 is 0 Å². The third-order valence-corrected chi connectivity index (χ3v) is 17.5. The highest BCUT2D eigenvalue weighted by molar-refractivity contribution is 6.11. The molecule has 2 aliphatic rings. The highest BCUT2D eigenvalue weighted by atomic mass is 15.1. The Morgan fingerprint density at radius 3 is 1.51 bits per heavy atom. The van der Waals surface area contributed by atoms with Crippen LogP contribution in [0.25, 0.3) is 82.8 Å². The molecule has 380 valence electrons. The van der Waals surface area contributed by atoms with Gasteiger partial charge in [-0.25, -0.2) is 0 Å². The van der Waals surface area contributed by atoms with Crippen molar-refractivity contribution in [2.24, 2.45) is 0 Å². The number of para-hydroxylation sites is 4. The van der Waals surface area contributed by atoms with Gasteiger partial charge in [-0.3, -0.25) is 0 Å². The lowest BCUT2D eigenvalue weighted by molar-refractivity contribution is 0.654. The maximum absolute atomic E-state index is 4.47. The van der Waals surface area contributed by atoms with Gasteiger partial charge < -0.3 is 14.0 Å². The van der Waals surface area contributed by atoms with E-state index in [0.717, 1.165) is 33.9 Å². The summed E-state index contributed by atoms with van der Waals surface area (Å²) in [6, 6.07) is 98.6. The van der Waals surface area contributed by atoms with Gasteiger partial charge in [0.25, 0.3) is 0 Å². The van der Waals surface area contributed by atoms with Crippen LogP contribution in [0.3, 0.4) is 0 Å². The van der Waals surface area contributed by atoms with Crippen LogP contribution in [0.15, 0.2) is 291 Å². The highest BCUT2D eigenvalue weighted by Crippen LogP contribution is 2.60. The average molecular weight is 1020 g/mol. The van der Waals surface area contributed by atoms with Gasteiger partial charge in [-0.15, -0.1) is 0 Å². The van der Waals surface area contributed by atoms with Crippen LogP contribution < -0.4 is 4.90 Å². The number of fused-ring (bicyclic) bond motifs is 10. The molecule has 0 fully saturated rings. The molecule has 11 aromatic carbocycles. The van der Waals surface area contributed by atoms with Crippen LogP contribution >= 0.6 is 0 Å². The van der Waals surface area contributed by atoms with Gasteiger partial charge in [0, 0.05) is 55.3 Å². The predicted octanol–water partition coefficient (Wildman–Crippen LogP) is 20.2. The number of hydrogen-bond acceptors (Lipinski definition) is 1. The van der Waals surface area contributed by atoms with E-state index >= 15 is 0 Å². The van der Waals surface area contributed by atoms with Crippen molar-refractivity contribution in [3.63, 3.8) is 0 Å². The first-order chi connectivity index (χ1) is 39.3. The molecule has 0 unspecified atom stereocenters. The molecule has 0 bridgehead atoms. The zero-order valence-corrected chi connectivity index (χ0v) is 45.1. The van der Waals surface area contributed by atoms with E-state index in [1.807, 2.05) is 0 Å². The van der Waals surface area contributed by atoms with Crippen molar-refractivity contribution < 1.29 is 0 Å². The molecule has 13 aromatic rings. The van der Waals surface area contributed by atoms with Gasteiger partial charge in [0.15, 0.2) is 0 Å². The molecule has 0 N–H and O–H groups in total. The van der Waals surface area contributed by atoms with E-state index in [-0.39, 0.29) is 5.41 Å². The molecule has 0 spiro atoms. The standard InChI is InChI=1S/C77H57N3/c1-5-59-60-48-47-58(50-69(60)76(3,4)68(59)49-51(2)78-70-34-18-13-27-61(70)62-28-14-19-35-71(62)78)79(56-43-39-52(40-44-56)53-41-45-57(46-42-53)80-72-36-20-15-29-63(72)64-30-16-21-37-73(64)80)74-38-22-33-67-75(74)65-31-12-17-32-66(65)77(67,54-23-8-6-9-24-54)55-25-10-7-11-26-55/h5-50H,1H2,2-4H3/b51-49+. The van der Waals surface area contributed by atoms with Gasteiger partial charge in [0.05, 0.1) is 33.2 Å². The van der Waals surface area contributed by atoms with E-state index < -0.39 is 5.41 Å². The molecule has 0 atom stereocenters. The maximum atomic E-state index is 4.47. The Morgan fingerprint density at radius 1 is 0.438 bits per heavy atom. The van der Waals surface area contributed by atoms with Crippen molar-refractivity contribution >= 4 is 71.9 Å². The van der Waals surface area contributed by atoms with E-state index in [9.17, 15) is 0 Å². The lowest BCUT2D eigenvalue weighted by Crippen LogP contribution is -2.28. The summed E-state index contributed by atoms with van der Waals surface area (Å²) in [5.41, 5.74) is 24.2. The van der Waals surface area contributed by atoms with E-state index in [1.165, 1.54) is 105 Å². The second kappa shape index (κ2) is 18.3. The topological polar surface area (TPSA) is 13.1 Å². The van der Waals surface area contributed by atoms with E-state index in [1.54, 1.807) is 0 Å². The quantitative estimate of drug-likeness (QED) is 0.133. The summed E-state index contributed by atoms with van der Waals surface area (Å²) in [5, 5.41) is 5.04. The van der Waals surface area contributed by atoms with Crippen LogP contribution in [0.2, 0.25) is 0 Å². The minimum Gasteiger partial charge on any atom is -0.313 e. The number of hydrogen-bond donors (Lipinski definition) is 0. The monoisotopic (exact) mass is 1020 g/mol. The molecule has 2 aromatic heterocycles. The Hall–Kier alpha value is -9.96. The van der Waals surface area contributed by atoms with E-state index in [0.29, 0.717) is 0 Å². The molecule has 15 rings (SSSR count). The summed E-state index contributed by atoms with van der Waals surface area (Å²) in [7, 11) is 0. The number of aromatic nitrogens is 2. The lowest BCUT2D eigenvalue weighted by atomic mass is 9.68. The molecule has 2 aliphatic carbocycles. The van der Waals surface area contributed by atoms with Gasteiger partial charge in [-0.1, -0.05) is 227 Å². The summed E-state index contributed by atoms with van der Waals surface area (Å²) in [6.07, 6.45) is 4.48. The molecule has 0 saturated carbocycles. The smallest absolute Gasteiger partial charge is 0.0714 e. The third-order valence-electron chi connectivity index (χ3n) is 17.5. The SMILES string of the molecule is C=CC1=C(/C=C(\C)n2c3ccccc3c3ccccc32)C(C)(C)c2cc(N(c3ccc(-c4ccc(-n5c6ccccc6c6ccccc65)cc4)cc3)c3cccc4c3-c3ccccc3C4(c3ccccc3)c3ccccc3)ccc21.